The molecule has 2 aliphatic heterocycles. The summed E-state index contributed by atoms with van der Waals surface area (Å²) < 4.78 is 14.8. The fourth-order valence-corrected chi connectivity index (χ4v) is 17.6. The summed E-state index contributed by atoms with van der Waals surface area (Å²) in [5.74, 6) is 2.98. The van der Waals surface area contributed by atoms with E-state index in [9.17, 15) is 0 Å². The molecule has 95 heavy (non-hydrogen) atoms. The van der Waals surface area contributed by atoms with Crippen molar-refractivity contribution in [2.45, 2.75) is 296 Å². The van der Waals surface area contributed by atoms with Crippen molar-refractivity contribution in [3.05, 3.63) is 95.1 Å². The molecule has 8 heteroatoms. The normalized spacial score (nSPS) is 16.1. The van der Waals surface area contributed by atoms with Gasteiger partial charge < -0.3 is 38.7 Å². The van der Waals surface area contributed by atoms with E-state index in [1.54, 1.807) is 0 Å². The Morgan fingerprint density at radius 1 is 0.368 bits per heavy atom. The lowest BCUT2D eigenvalue weighted by atomic mass is 9.57. The zero-order valence-corrected chi connectivity index (χ0v) is 63.9. The number of hydrogen-bond acceptors (Lipinski definition) is 8. The van der Waals surface area contributed by atoms with E-state index in [0.717, 1.165) is 170 Å². The number of carbonyl (C=O) groups is 2. The van der Waals surface area contributed by atoms with E-state index in [1.165, 1.54) is 136 Å². The van der Waals surface area contributed by atoms with Gasteiger partial charge in [-0.05, 0) is 146 Å². The second kappa shape index (κ2) is 40.8. The first-order chi connectivity index (χ1) is 46.1. The van der Waals surface area contributed by atoms with Gasteiger partial charge >= 0.3 is 0 Å². The third-order valence-electron chi connectivity index (χ3n) is 23.9. The summed E-state index contributed by atoms with van der Waals surface area (Å²) in [7, 11) is 0. The summed E-state index contributed by atoms with van der Waals surface area (Å²) >= 11 is 0. The van der Waals surface area contributed by atoms with Crippen LogP contribution in [0.1, 0.15) is 318 Å². The highest BCUT2D eigenvalue weighted by Crippen LogP contribution is 2.60. The molecule has 6 rings (SSSR count). The second-order valence-electron chi connectivity index (χ2n) is 30.0. The largest absolute Gasteiger partial charge is 0.457 e. The molecule has 8 nitrogen and oxygen atoms in total. The van der Waals surface area contributed by atoms with Crippen LogP contribution in [-0.4, -0.2) is 64.9 Å². The van der Waals surface area contributed by atoms with Crippen LogP contribution in [0.4, 0.5) is 22.7 Å². The SMILES string of the molecule is CCCCCCCCCCC(CC(C=O)C(C(CCCCCCCC)CC(C)(CC)CCCC)C1c2ccc(N(CC)CC)cc2Oc2cc(N(CC)CC)ccc21)C(C(C=O)CC(C)(CC)CCCC)C1c2ccc(N(CC)CC)cc2Oc2cc(N(CC)CC)ccc21. The molecule has 2 heterocycles. The highest BCUT2D eigenvalue weighted by atomic mass is 16.5. The van der Waals surface area contributed by atoms with Gasteiger partial charge in [-0.15, -0.1) is 0 Å². The molecule has 8 unspecified atom stereocenters. The quantitative estimate of drug-likeness (QED) is 0.0320. The molecule has 8 atom stereocenters. The fraction of sp³-hybridized carbons (Fsp3) is 0.701. The monoisotopic (exact) mass is 1310 g/mol. The molecule has 0 fully saturated rings. The van der Waals surface area contributed by atoms with Crippen LogP contribution in [0.15, 0.2) is 72.8 Å². The zero-order chi connectivity index (χ0) is 68.9. The van der Waals surface area contributed by atoms with Crippen molar-refractivity contribution in [3.8, 4) is 23.0 Å². The average Bonchev–Trinajstić information content (AvgIpc) is 0.748. The predicted octanol–water partition coefficient (Wildman–Crippen LogP) is 25.0. The average molecular weight is 1310 g/mol. The van der Waals surface area contributed by atoms with Crippen LogP contribution in [-0.2, 0) is 9.59 Å². The Bertz CT molecular complexity index is 2710. The number of unbranched alkanes of at least 4 members (excludes halogenated alkanes) is 14. The Morgan fingerprint density at radius 2 is 0.663 bits per heavy atom. The Labute approximate surface area is 583 Å². The summed E-state index contributed by atoms with van der Waals surface area (Å²) in [5.41, 5.74) is 9.55. The summed E-state index contributed by atoms with van der Waals surface area (Å²) in [6, 6.07) is 28.3. The molecule has 0 saturated heterocycles. The molecule has 4 aromatic rings. The first-order valence-electron chi connectivity index (χ1n) is 40.0. The number of anilines is 4. The van der Waals surface area contributed by atoms with Gasteiger partial charge in [0.15, 0.2) is 0 Å². The van der Waals surface area contributed by atoms with Crippen LogP contribution in [0.2, 0.25) is 0 Å². The molecular weight excluding hydrogens is 1160 g/mol. The maximum atomic E-state index is 15.9. The van der Waals surface area contributed by atoms with E-state index in [-0.39, 0.29) is 58.2 Å². The van der Waals surface area contributed by atoms with Gasteiger partial charge in [0.1, 0.15) is 35.6 Å². The summed E-state index contributed by atoms with van der Waals surface area (Å²) in [4.78, 5) is 40.8. The summed E-state index contributed by atoms with van der Waals surface area (Å²) in [6.45, 7) is 44.4. The molecule has 4 aromatic carbocycles. The lowest BCUT2D eigenvalue weighted by Crippen LogP contribution is -2.40. The van der Waals surface area contributed by atoms with Gasteiger partial charge in [-0.3, -0.25) is 0 Å². The van der Waals surface area contributed by atoms with Crippen molar-refractivity contribution in [1.82, 2.24) is 0 Å². The van der Waals surface area contributed by atoms with Crippen molar-refractivity contribution in [3.63, 3.8) is 0 Å². The number of aldehydes is 2. The number of fused-ring (bicyclic) bond motifs is 4. The highest BCUT2D eigenvalue weighted by Gasteiger charge is 2.49. The lowest BCUT2D eigenvalue weighted by molar-refractivity contribution is -0.116. The maximum absolute atomic E-state index is 15.9. The van der Waals surface area contributed by atoms with E-state index in [0.29, 0.717) is 0 Å². The van der Waals surface area contributed by atoms with Crippen molar-refractivity contribution in [2.75, 3.05) is 72.0 Å². The molecule has 0 amide bonds. The molecule has 0 spiro atoms. The molecule has 0 bridgehead atoms. The van der Waals surface area contributed by atoms with E-state index >= 15 is 9.59 Å². The minimum atomic E-state index is -0.318. The van der Waals surface area contributed by atoms with Gasteiger partial charge in [0.2, 0.25) is 0 Å². The van der Waals surface area contributed by atoms with Gasteiger partial charge in [0.25, 0.3) is 0 Å². The summed E-state index contributed by atoms with van der Waals surface area (Å²) in [6.07, 6.45) is 33.8. The Kier molecular flexibility index (Phi) is 33.9. The number of nitrogens with zero attached hydrogens (tertiary/aromatic N) is 4. The lowest BCUT2D eigenvalue weighted by Gasteiger charge is -2.47. The van der Waals surface area contributed by atoms with Gasteiger partial charge in [-0.2, -0.15) is 0 Å². The number of carbonyl (C=O) groups excluding carboxylic acids is 2. The maximum Gasteiger partial charge on any atom is 0.133 e. The minimum Gasteiger partial charge on any atom is -0.457 e. The molecule has 0 aromatic heterocycles. The third-order valence-corrected chi connectivity index (χ3v) is 23.9. The van der Waals surface area contributed by atoms with Crippen molar-refractivity contribution < 1.29 is 19.1 Å². The summed E-state index contributed by atoms with van der Waals surface area (Å²) in [5, 5.41) is 0. The second-order valence-corrected chi connectivity index (χ2v) is 30.0. The van der Waals surface area contributed by atoms with Crippen molar-refractivity contribution >= 4 is 35.3 Å². The number of benzene rings is 4. The van der Waals surface area contributed by atoms with Gasteiger partial charge in [-0.25, -0.2) is 0 Å². The number of ether oxygens (including phenoxy) is 2. The van der Waals surface area contributed by atoms with Crippen molar-refractivity contribution in [2.24, 2.45) is 46.3 Å². The van der Waals surface area contributed by atoms with Crippen LogP contribution in [0.3, 0.4) is 0 Å². The third kappa shape index (κ3) is 21.0. The number of hydrogen-bond donors (Lipinski definition) is 0. The Hall–Kier alpha value is -4.98. The Balaban J connectivity index is 1.74. The van der Waals surface area contributed by atoms with Crippen LogP contribution in [0.25, 0.3) is 0 Å². The molecule has 2 aliphatic rings. The van der Waals surface area contributed by atoms with Gasteiger partial charge in [0.05, 0.1) is 0 Å². The van der Waals surface area contributed by atoms with Crippen LogP contribution in [0.5, 0.6) is 23.0 Å². The fourth-order valence-electron chi connectivity index (χ4n) is 17.6. The molecule has 0 aliphatic carbocycles. The molecular formula is C87H140N4O4. The molecule has 0 saturated carbocycles. The first kappa shape index (κ1) is 79.0. The zero-order valence-electron chi connectivity index (χ0n) is 63.9. The predicted molar refractivity (Wildman–Crippen MR) is 412 cm³/mol. The standard InChI is InChI=1S/C87H140N4O4/c1-17-31-35-37-39-40-42-43-45-66(82(69(65-93)63-87(16,22-6)56-34-20-4)84-74-51-47-70(88(23-7)24-8)58-78(74)94-79-59-71(48-52-75(79)84)89(25-9)26-10)57-68(64-92)83(67(46-44-41-38-36-32-18-2)62-86(15,21-5)55-33-19-3)85-76-53-49-72(90(27-11)28-12)60-80(76)95-81-61-73(50-54-77(81)85)91(29-13)30-14/h47-54,58-61,64-69,82-85H,17-46,55-57,62-63H2,1-16H3. The Morgan fingerprint density at radius 3 is 0.968 bits per heavy atom. The van der Waals surface area contributed by atoms with Crippen LogP contribution >= 0.6 is 0 Å². The molecule has 532 valence electrons. The van der Waals surface area contributed by atoms with Crippen LogP contribution in [0, 0.1) is 46.3 Å². The van der Waals surface area contributed by atoms with Gasteiger partial charge in [0, 0.05) is 145 Å². The van der Waals surface area contributed by atoms with E-state index in [2.05, 4.69) is 203 Å². The number of rotatable bonds is 50. The van der Waals surface area contributed by atoms with E-state index < -0.39 is 0 Å². The van der Waals surface area contributed by atoms with Crippen molar-refractivity contribution in [1.29, 1.82) is 0 Å². The highest BCUT2D eigenvalue weighted by molar-refractivity contribution is 5.68. The first-order valence-corrected chi connectivity index (χ1v) is 40.0. The van der Waals surface area contributed by atoms with Gasteiger partial charge in [-0.1, -0.05) is 221 Å². The van der Waals surface area contributed by atoms with E-state index in [4.69, 9.17) is 9.47 Å². The topological polar surface area (TPSA) is 65.6 Å². The smallest absolute Gasteiger partial charge is 0.133 e. The molecule has 0 radical (unpaired) electrons. The molecule has 0 N–H and O–H groups in total. The minimum absolute atomic E-state index is 0.0326. The van der Waals surface area contributed by atoms with E-state index in [1.807, 2.05) is 0 Å². The van der Waals surface area contributed by atoms with Crippen LogP contribution < -0.4 is 29.1 Å².